The Morgan fingerprint density at radius 1 is 1.67 bits per heavy atom. The quantitative estimate of drug-likeness (QED) is 0.329. The molecule has 1 saturated heterocycles. The normalized spacial score (nSPS) is 31.9. The molecule has 0 bridgehead atoms. The molecule has 0 saturated carbocycles. The maximum Gasteiger partial charge on any atom is 0.322 e. The lowest BCUT2D eigenvalue weighted by molar-refractivity contribution is -0.175. The van der Waals surface area contributed by atoms with Crippen LogP contribution >= 0.6 is 0 Å². The molecule has 0 aliphatic carbocycles. The SMILES string of the molecule is C#CCCC1OC(C)C(=C)C(=O)C1(C)C(=O)OC. The minimum Gasteiger partial charge on any atom is -0.468 e. The van der Waals surface area contributed by atoms with Gasteiger partial charge >= 0.3 is 5.97 Å². The fraction of sp³-hybridized carbons (Fsp3) is 0.571. The third-order valence-corrected chi connectivity index (χ3v) is 3.43. The van der Waals surface area contributed by atoms with Gasteiger partial charge in [-0.15, -0.1) is 12.3 Å². The van der Waals surface area contributed by atoms with Crippen molar-refractivity contribution in [3.63, 3.8) is 0 Å². The molecule has 0 spiro atoms. The van der Waals surface area contributed by atoms with Crippen LogP contribution in [0.2, 0.25) is 0 Å². The molecule has 1 fully saturated rings. The Labute approximate surface area is 107 Å². The number of ketones is 1. The molecule has 0 aromatic heterocycles. The van der Waals surface area contributed by atoms with Crippen molar-refractivity contribution in [1.29, 1.82) is 0 Å². The highest BCUT2D eigenvalue weighted by Gasteiger charge is 2.54. The maximum atomic E-state index is 12.3. The van der Waals surface area contributed by atoms with Crippen molar-refractivity contribution in [1.82, 2.24) is 0 Å². The van der Waals surface area contributed by atoms with Crippen LogP contribution in [0.25, 0.3) is 0 Å². The van der Waals surface area contributed by atoms with Crippen LogP contribution in [0.3, 0.4) is 0 Å². The van der Waals surface area contributed by atoms with Gasteiger partial charge < -0.3 is 9.47 Å². The Hall–Kier alpha value is -1.60. The van der Waals surface area contributed by atoms with Crippen molar-refractivity contribution in [3.8, 4) is 12.3 Å². The summed E-state index contributed by atoms with van der Waals surface area (Å²) in [6, 6.07) is 0. The first-order valence-corrected chi connectivity index (χ1v) is 5.80. The van der Waals surface area contributed by atoms with E-state index in [0.29, 0.717) is 18.4 Å². The molecule has 0 N–H and O–H groups in total. The molecule has 98 valence electrons. The van der Waals surface area contributed by atoms with Gasteiger partial charge in [0.25, 0.3) is 0 Å². The van der Waals surface area contributed by atoms with E-state index in [1.54, 1.807) is 6.92 Å². The van der Waals surface area contributed by atoms with Gasteiger partial charge in [-0.05, 0) is 20.3 Å². The minimum atomic E-state index is -1.35. The number of rotatable bonds is 3. The molecule has 1 aliphatic rings. The molecular weight excluding hydrogens is 232 g/mol. The third-order valence-electron chi connectivity index (χ3n) is 3.43. The number of Topliss-reactive ketones (excluding diaryl/α,β-unsaturated/α-hetero) is 1. The fourth-order valence-corrected chi connectivity index (χ4v) is 2.14. The van der Waals surface area contributed by atoms with Gasteiger partial charge in [0.15, 0.2) is 11.2 Å². The zero-order valence-corrected chi connectivity index (χ0v) is 11.0. The van der Waals surface area contributed by atoms with Crippen LogP contribution in [0.4, 0.5) is 0 Å². The third kappa shape index (κ3) is 2.19. The van der Waals surface area contributed by atoms with E-state index in [1.165, 1.54) is 14.0 Å². The number of carbonyl (C=O) groups excluding carboxylic acids is 2. The summed E-state index contributed by atoms with van der Waals surface area (Å²) in [4.78, 5) is 24.2. The molecule has 1 aliphatic heterocycles. The van der Waals surface area contributed by atoms with Crippen molar-refractivity contribution in [2.24, 2.45) is 5.41 Å². The standard InChI is InChI=1S/C14H18O4/c1-6-7-8-11-14(4,13(16)17-5)12(15)9(2)10(3)18-11/h1,10-11H,2,7-8H2,3-5H3. The Morgan fingerprint density at radius 2 is 2.28 bits per heavy atom. The minimum absolute atomic E-state index is 0.292. The summed E-state index contributed by atoms with van der Waals surface area (Å²) in [6.07, 6.45) is 5.11. The van der Waals surface area contributed by atoms with Crippen LogP contribution in [-0.4, -0.2) is 31.1 Å². The summed E-state index contributed by atoms with van der Waals surface area (Å²) in [7, 11) is 1.25. The van der Waals surface area contributed by atoms with Gasteiger partial charge in [-0.1, -0.05) is 6.58 Å². The van der Waals surface area contributed by atoms with Gasteiger partial charge in [0.05, 0.1) is 19.3 Å². The molecule has 18 heavy (non-hydrogen) atoms. The average molecular weight is 250 g/mol. The van der Waals surface area contributed by atoms with E-state index in [4.69, 9.17) is 15.9 Å². The Balaban J connectivity index is 3.12. The molecule has 0 aromatic rings. The van der Waals surface area contributed by atoms with Crippen LogP contribution < -0.4 is 0 Å². The monoisotopic (exact) mass is 250 g/mol. The van der Waals surface area contributed by atoms with Crippen LogP contribution in [0.1, 0.15) is 26.7 Å². The first-order chi connectivity index (χ1) is 8.39. The molecule has 0 radical (unpaired) electrons. The molecular formula is C14H18O4. The van der Waals surface area contributed by atoms with E-state index in [0.717, 1.165) is 0 Å². The number of hydrogen-bond acceptors (Lipinski definition) is 4. The van der Waals surface area contributed by atoms with E-state index in [2.05, 4.69) is 12.5 Å². The molecule has 4 heteroatoms. The summed E-state index contributed by atoms with van der Waals surface area (Å²) in [5, 5.41) is 0. The van der Waals surface area contributed by atoms with Crippen LogP contribution in [-0.2, 0) is 19.1 Å². The lowest BCUT2D eigenvalue weighted by Crippen LogP contribution is -2.55. The number of methoxy groups -OCH3 is 1. The molecule has 0 amide bonds. The van der Waals surface area contributed by atoms with E-state index >= 15 is 0 Å². The number of esters is 1. The number of ether oxygens (including phenoxy) is 2. The van der Waals surface area contributed by atoms with Gasteiger partial charge in [-0.25, -0.2) is 0 Å². The Bertz CT molecular complexity index is 418. The molecule has 0 aromatic carbocycles. The van der Waals surface area contributed by atoms with Gasteiger partial charge in [-0.3, -0.25) is 9.59 Å². The van der Waals surface area contributed by atoms with Crippen molar-refractivity contribution >= 4 is 11.8 Å². The number of carbonyl (C=O) groups is 2. The van der Waals surface area contributed by atoms with Crippen LogP contribution in [0, 0.1) is 17.8 Å². The van der Waals surface area contributed by atoms with Gasteiger partial charge in [0.1, 0.15) is 0 Å². The Morgan fingerprint density at radius 3 is 2.78 bits per heavy atom. The highest BCUT2D eigenvalue weighted by atomic mass is 16.5. The highest BCUT2D eigenvalue weighted by molar-refractivity contribution is 6.13. The van der Waals surface area contributed by atoms with Gasteiger partial charge in [-0.2, -0.15) is 0 Å². The van der Waals surface area contributed by atoms with E-state index in [-0.39, 0.29) is 5.78 Å². The highest BCUT2D eigenvalue weighted by Crippen LogP contribution is 2.38. The van der Waals surface area contributed by atoms with Crippen LogP contribution in [0.15, 0.2) is 12.2 Å². The maximum absolute atomic E-state index is 12.3. The smallest absolute Gasteiger partial charge is 0.322 e. The fourth-order valence-electron chi connectivity index (χ4n) is 2.14. The van der Waals surface area contributed by atoms with Crippen molar-refractivity contribution in [3.05, 3.63) is 12.2 Å². The molecule has 1 heterocycles. The number of terminal acetylenes is 1. The van der Waals surface area contributed by atoms with Crippen molar-refractivity contribution in [2.75, 3.05) is 7.11 Å². The summed E-state index contributed by atoms with van der Waals surface area (Å²) >= 11 is 0. The zero-order chi connectivity index (χ0) is 13.9. The van der Waals surface area contributed by atoms with Gasteiger partial charge in [0, 0.05) is 12.0 Å². The lowest BCUT2D eigenvalue weighted by Gasteiger charge is -2.40. The van der Waals surface area contributed by atoms with Crippen LogP contribution in [0.5, 0.6) is 0 Å². The van der Waals surface area contributed by atoms with E-state index in [9.17, 15) is 9.59 Å². The second kappa shape index (κ2) is 5.36. The Kier molecular flexibility index (Phi) is 4.31. The van der Waals surface area contributed by atoms with E-state index < -0.39 is 23.6 Å². The lowest BCUT2D eigenvalue weighted by atomic mass is 9.72. The predicted molar refractivity (Wildman–Crippen MR) is 66.7 cm³/mol. The van der Waals surface area contributed by atoms with Crippen molar-refractivity contribution < 1.29 is 19.1 Å². The topological polar surface area (TPSA) is 52.6 Å². The average Bonchev–Trinajstić information content (AvgIpc) is 2.37. The molecule has 1 rings (SSSR count). The first-order valence-electron chi connectivity index (χ1n) is 5.80. The predicted octanol–water partition coefficient (Wildman–Crippen LogP) is 1.49. The summed E-state index contributed by atoms with van der Waals surface area (Å²) in [5.41, 5.74) is -1.06. The molecule has 3 atom stereocenters. The molecule has 3 unspecified atom stereocenters. The van der Waals surface area contributed by atoms with Crippen molar-refractivity contribution in [2.45, 2.75) is 38.9 Å². The second-order valence-electron chi connectivity index (χ2n) is 4.56. The second-order valence-corrected chi connectivity index (χ2v) is 4.56. The first kappa shape index (κ1) is 14.5. The van der Waals surface area contributed by atoms with Gasteiger partial charge in [0.2, 0.25) is 0 Å². The number of hydrogen-bond donors (Lipinski definition) is 0. The van der Waals surface area contributed by atoms with E-state index in [1.807, 2.05) is 0 Å². The summed E-state index contributed by atoms with van der Waals surface area (Å²) in [6.45, 7) is 6.94. The zero-order valence-electron chi connectivity index (χ0n) is 11.0. The molecule has 4 nitrogen and oxygen atoms in total. The largest absolute Gasteiger partial charge is 0.468 e. The summed E-state index contributed by atoms with van der Waals surface area (Å²) in [5.74, 6) is 1.55. The summed E-state index contributed by atoms with van der Waals surface area (Å²) < 4.78 is 10.4.